The van der Waals surface area contributed by atoms with E-state index in [9.17, 15) is 0 Å². The van der Waals surface area contributed by atoms with Gasteiger partial charge in [0.2, 0.25) is 0 Å². The third-order valence-corrected chi connectivity index (χ3v) is 21.6. The Bertz CT molecular complexity index is 2770. The minimum absolute atomic E-state index is 0.576. The van der Waals surface area contributed by atoms with Gasteiger partial charge in [-0.1, -0.05) is 613 Å². The largest absolute Gasteiger partial charge is 0.381 e. The molecule has 0 aromatic heterocycles. The Hall–Kier alpha value is -4.11. The average molecular weight is 1930 g/mol. The number of aryl methyl sites for hydroxylation is 2. The molecule has 0 N–H and O–H groups in total. The molecule has 14 aliphatic rings. The first kappa shape index (κ1) is 145. The minimum atomic E-state index is 0.576. The molecule has 0 amide bonds. The number of ether oxygens (including phenoxy) is 1. The van der Waals surface area contributed by atoms with Crippen molar-refractivity contribution in [2.75, 3.05) is 24.7 Å². The fourth-order valence-electron chi connectivity index (χ4n) is 14.9. The molecule has 20 rings (SSSR count). The van der Waals surface area contributed by atoms with Gasteiger partial charge in [-0.15, -0.1) is 0 Å². The molecular weight excluding hydrogens is 1680 g/mol. The van der Waals surface area contributed by atoms with Crippen LogP contribution in [0.15, 0.2) is 158 Å². The highest BCUT2D eigenvalue weighted by atomic mass is 32.2. The molecule has 806 valence electrons. The minimum Gasteiger partial charge on any atom is -0.381 e. The van der Waals surface area contributed by atoms with Crippen LogP contribution in [0.1, 0.15) is 548 Å². The zero-order valence-corrected chi connectivity index (χ0v) is 102. The Morgan fingerprint density at radius 3 is 0.478 bits per heavy atom. The summed E-state index contributed by atoms with van der Waals surface area (Å²) < 4.78 is 4.94. The fourth-order valence-corrected chi connectivity index (χ4v) is 15.9. The predicted octanol–water partition coefficient (Wildman–Crippen LogP) is 47.6. The summed E-state index contributed by atoms with van der Waals surface area (Å²) in [4.78, 5) is 0. The maximum Gasteiger partial charge on any atom is 0.0466 e. The maximum absolute atomic E-state index is 4.94. The molecule has 0 spiro atoms. The molecule has 138 heavy (non-hydrogen) atoms. The number of thioether (sulfide) groups is 1. The number of hydrogen-bond donors (Lipinski definition) is 0. The van der Waals surface area contributed by atoms with E-state index in [0.717, 1.165) is 84.2 Å². The van der Waals surface area contributed by atoms with Gasteiger partial charge in [0.05, 0.1) is 0 Å². The lowest BCUT2D eigenvalue weighted by molar-refractivity contribution is 0.0198. The van der Waals surface area contributed by atoms with Gasteiger partial charge in [0.15, 0.2) is 0 Å². The zero-order chi connectivity index (χ0) is 105. The van der Waals surface area contributed by atoms with E-state index in [2.05, 4.69) is 396 Å². The van der Waals surface area contributed by atoms with E-state index in [4.69, 9.17) is 4.74 Å². The lowest BCUT2D eigenvalue weighted by Gasteiger charge is -2.49. The SMILES string of the molecule is C1C2CC3CC1CC(C2)C3.C1CC1.C1CCC1.C1CCCC1.C1CCCC1.C1CCCCC1.C1CCCCCC1.C1CCOC1.C1CCSC1.CC(C)C.CC(C)C.CC(C)C.CC(C)C.CC(C)C.CC(C)C.CC(C)C.CC(C)C.CC(C)C.CC(C)C.CC(C)C.CC(C)C.CC(C)C1c2ccccc2-c2ccccc21.c1ccc2c(c1)CC2.c1ccc2ccccc2c1.c1ccccc1. The van der Waals surface area contributed by atoms with E-state index in [0.29, 0.717) is 11.8 Å². The van der Waals surface area contributed by atoms with E-state index >= 15 is 0 Å². The van der Waals surface area contributed by atoms with E-state index in [-0.39, 0.29) is 0 Å². The first-order valence-electron chi connectivity index (χ1n) is 59.2. The average Bonchev–Trinajstić information content (AvgIpc) is 1.61. The second kappa shape index (κ2) is 106. The lowest BCUT2D eigenvalue weighted by atomic mass is 9.56. The van der Waals surface area contributed by atoms with Gasteiger partial charge < -0.3 is 4.74 Å². The molecule has 4 bridgehead atoms. The van der Waals surface area contributed by atoms with Crippen molar-refractivity contribution >= 4 is 22.5 Å². The quantitative estimate of drug-likeness (QED) is 0.152. The molecule has 0 radical (unpaired) electrons. The topological polar surface area (TPSA) is 9.23 Å². The summed E-state index contributed by atoms with van der Waals surface area (Å²) in [5.74, 6) is 18.8. The van der Waals surface area contributed by atoms with Crippen molar-refractivity contribution in [3.63, 3.8) is 0 Å². The molecule has 10 saturated carbocycles. The summed E-state index contributed by atoms with van der Waals surface area (Å²) in [6.07, 6.45) is 62.7. The van der Waals surface area contributed by atoms with E-state index in [1.165, 1.54) is 299 Å². The Morgan fingerprint density at radius 1 is 0.188 bits per heavy atom. The molecule has 1 nitrogen and oxygen atoms in total. The molecule has 2 aliphatic heterocycles. The molecule has 2 heterocycles. The smallest absolute Gasteiger partial charge is 0.0466 e. The Balaban J connectivity index is -0.000000334. The Morgan fingerprint density at radius 2 is 0.348 bits per heavy atom. The fraction of sp³-hybridized carbons (Fsp3) is 0.750. The zero-order valence-electron chi connectivity index (χ0n) is 101. The van der Waals surface area contributed by atoms with Crippen LogP contribution in [0.2, 0.25) is 0 Å². The van der Waals surface area contributed by atoms with Crippen LogP contribution >= 0.6 is 11.8 Å². The van der Waals surface area contributed by atoms with Crippen molar-refractivity contribution in [1.82, 2.24) is 0 Å². The normalized spacial score (nSPS) is 17.8. The van der Waals surface area contributed by atoms with Crippen LogP contribution in [0.3, 0.4) is 0 Å². The molecule has 12 aliphatic carbocycles. The van der Waals surface area contributed by atoms with Crippen LogP contribution in [0.5, 0.6) is 0 Å². The highest BCUT2D eigenvalue weighted by molar-refractivity contribution is 7.99. The van der Waals surface area contributed by atoms with Crippen LogP contribution in [-0.2, 0) is 17.6 Å². The number of rotatable bonds is 1. The van der Waals surface area contributed by atoms with Crippen LogP contribution < -0.4 is 0 Å². The van der Waals surface area contributed by atoms with Gasteiger partial charge in [0.25, 0.3) is 0 Å². The molecule has 6 aromatic rings. The third-order valence-electron chi connectivity index (χ3n) is 20.4. The summed E-state index contributed by atoms with van der Waals surface area (Å²) >= 11 is 2.07. The van der Waals surface area contributed by atoms with Crippen LogP contribution in [0.25, 0.3) is 21.9 Å². The van der Waals surface area contributed by atoms with Crippen LogP contribution in [0.4, 0.5) is 0 Å². The molecule has 12 fully saturated rings. The molecule has 0 unspecified atom stereocenters. The van der Waals surface area contributed by atoms with Gasteiger partial charge in [0.1, 0.15) is 0 Å². The van der Waals surface area contributed by atoms with Gasteiger partial charge in [-0.25, -0.2) is 0 Å². The van der Waals surface area contributed by atoms with Crippen molar-refractivity contribution in [2.24, 2.45) is 101 Å². The van der Waals surface area contributed by atoms with Crippen LogP contribution in [-0.4, -0.2) is 24.7 Å². The first-order valence-corrected chi connectivity index (χ1v) is 60.4. The van der Waals surface area contributed by atoms with Gasteiger partial charge in [0, 0.05) is 19.1 Å². The molecule has 2 saturated heterocycles. The highest BCUT2D eigenvalue weighted by Gasteiger charge is 2.42. The van der Waals surface area contributed by atoms with Gasteiger partial charge in [-0.2, -0.15) is 11.8 Å². The second-order valence-corrected chi connectivity index (χ2v) is 50.8. The maximum atomic E-state index is 4.94. The monoisotopic (exact) mass is 1930 g/mol. The standard InChI is InChI=1S/C16H16.C10H16.C10H8.C8H8.C7H14.C6H12.C6H6.2C5H10.C4H8O.C4H8S.C4H8.12C4H10.C3H6/c1-11(2)16-14-9-5-3-7-12(14)13-8-4-6-10-15(13)16;1-7-2-9-4-8(1)5-10(3-7)6-9;1-2-6-10-8-4-3-7-9(10)5-1;1-2-4-8-6-5-7(8)3-1;1-2-4-6-7-5-3-1;2*1-2-4-6-5-3-1;4*1-2-4-5-3-1;1-2-4-3-1;12*1-4(2)3;1-2-3-1/h3-11,16H,1-2H3;7-10H,1-6H2;1-8H;1-4H,5-6H2;1-7H2;1-6H2;1-6H;2*1-5H2;2*1-4H2;1-4H2;12*4H,1-3H3;1-3H2. The van der Waals surface area contributed by atoms with Gasteiger partial charge in [-0.3, -0.25) is 0 Å². The summed E-state index contributed by atoms with van der Waals surface area (Å²) in [5, 5.41) is 2.62. The lowest BCUT2D eigenvalue weighted by Crippen LogP contribution is -2.38. The van der Waals surface area contributed by atoms with E-state index in [1.807, 2.05) is 36.4 Å². The van der Waals surface area contributed by atoms with Crippen molar-refractivity contribution < 1.29 is 4.74 Å². The highest BCUT2D eigenvalue weighted by Crippen LogP contribution is 2.53. The van der Waals surface area contributed by atoms with Gasteiger partial charge >= 0.3 is 0 Å². The third kappa shape index (κ3) is 122. The Kier molecular flexibility index (Phi) is 111. The van der Waals surface area contributed by atoms with E-state index in [1.54, 1.807) is 49.7 Å². The second-order valence-electron chi connectivity index (χ2n) is 49.6. The van der Waals surface area contributed by atoms with Crippen molar-refractivity contribution in [3.05, 3.63) is 180 Å². The number of hydrogen-bond acceptors (Lipinski definition) is 2. The first-order chi connectivity index (χ1) is 65.4. The van der Waals surface area contributed by atoms with Crippen molar-refractivity contribution in [2.45, 2.75) is 539 Å². The van der Waals surface area contributed by atoms with E-state index < -0.39 is 0 Å². The summed E-state index contributed by atoms with van der Waals surface area (Å²) in [6.45, 7) is 84.6. The van der Waals surface area contributed by atoms with Gasteiger partial charge in [-0.05, 0) is 233 Å². The van der Waals surface area contributed by atoms with Crippen molar-refractivity contribution in [3.8, 4) is 11.1 Å². The Labute approximate surface area is 876 Å². The number of fused-ring (bicyclic) bond motifs is 5. The summed E-state index contributed by atoms with van der Waals surface area (Å²) in [5.41, 5.74) is 8.95. The van der Waals surface area contributed by atoms with Crippen molar-refractivity contribution in [1.29, 1.82) is 0 Å². The molecule has 0 atom stereocenters. The molecule has 2 heteroatoms. The number of benzene rings is 6. The van der Waals surface area contributed by atoms with Crippen LogP contribution in [0, 0.1) is 101 Å². The molecular formula is C136H250OS. The summed E-state index contributed by atoms with van der Waals surface area (Å²) in [7, 11) is 0. The molecule has 6 aromatic carbocycles. The summed E-state index contributed by atoms with van der Waals surface area (Å²) in [6, 6.07) is 55.0. The predicted molar refractivity (Wildman–Crippen MR) is 646 cm³/mol.